The number of carbonyl (C=O) groups is 2. The van der Waals surface area contributed by atoms with Crippen molar-refractivity contribution >= 4 is 17.5 Å². The Bertz CT molecular complexity index is 1670. The van der Waals surface area contributed by atoms with Gasteiger partial charge in [-0.25, -0.2) is 0 Å². The normalized spacial score (nSPS) is 12.2. The second-order valence-corrected chi connectivity index (χ2v) is 11.6. The van der Waals surface area contributed by atoms with Crippen molar-refractivity contribution in [1.29, 1.82) is 5.26 Å². The molecule has 0 spiro atoms. The Balaban J connectivity index is 1.58. The second kappa shape index (κ2) is 14.8. The molecule has 0 saturated heterocycles. The number of benzene rings is 1. The minimum Gasteiger partial charge on any atom is -0.475 e. The summed E-state index contributed by atoms with van der Waals surface area (Å²) in [5.74, 6) is -0.391. The van der Waals surface area contributed by atoms with E-state index in [0.717, 1.165) is 18.5 Å². The van der Waals surface area contributed by atoms with Crippen molar-refractivity contribution in [3.63, 3.8) is 0 Å². The molecule has 1 fully saturated rings. The van der Waals surface area contributed by atoms with Crippen LogP contribution in [0, 0.1) is 11.3 Å². The van der Waals surface area contributed by atoms with E-state index in [4.69, 9.17) is 4.74 Å². The number of nitrogens with one attached hydrogen (secondary N) is 2. The van der Waals surface area contributed by atoms with Gasteiger partial charge in [0.15, 0.2) is 5.78 Å². The largest absolute Gasteiger partial charge is 0.475 e. The van der Waals surface area contributed by atoms with Crippen molar-refractivity contribution in [3.8, 4) is 23.1 Å². The third-order valence-electron chi connectivity index (χ3n) is 7.47. The van der Waals surface area contributed by atoms with Crippen LogP contribution < -0.4 is 20.9 Å². The van der Waals surface area contributed by atoms with E-state index >= 15 is 0 Å². The van der Waals surface area contributed by atoms with Gasteiger partial charge >= 0.3 is 0 Å². The zero-order valence-electron chi connectivity index (χ0n) is 26.3. The molecular weight excluding hydrogens is 554 g/mol. The zero-order valence-corrected chi connectivity index (χ0v) is 26.3. The maximum absolute atomic E-state index is 13.5. The number of rotatable bonds is 14. The van der Waals surface area contributed by atoms with E-state index in [1.165, 1.54) is 55.2 Å². The molecule has 4 rings (SSSR count). The summed E-state index contributed by atoms with van der Waals surface area (Å²) in [5, 5.41) is 15.6. The van der Waals surface area contributed by atoms with E-state index in [9.17, 15) is 19.6 Å². The Hall–Kier alpha value is -4.55. The molecule has 0 aliphatic heterocycles. The number of carbonyl (C=O) groups excluding carboxylic acids is 2. The Morgan fingerprint density at radius 1 is 1.11 bits per heavy atom. The predicted octanol–water partition coefficient (Wildman–Crippen LogP) is 6.32. The fourth-order valence-corrected chi connectivity index (χ4v) is 5.16. The molecule has 1 aromatic carbocycles. The lowest BCUT2D eigenvalue weighted by Crippen LogP contribution is -2.29. The molecule has 2 aromatic heterocycles. The van der Waals surface area contributed by atoms with Gasteiger partial charge in [-0.05, 0) is 87.4 Å². The maximum atomic E-state index is 13.5. The molecule has 0 bridgehead atoms. The molecule has 1 aliphatic carbocycles. The fourth-order valence-electron chi connectivity index (χ4n) is 5.16. The maximum Gasteiger partial charge on any atom is 0.263 e. The van der Waals surface area contributed by atoms with Gasteiger partial charge in [0.2, 0.25) is 5.88 Å². The number of amides is 1. The third-order valence-corrected chi connectivity index (χ3v) is 7.47. The monoisotopic (exact) mass is 595 g/mol. The number of anilines is 1. The Kier molecular flexibility index (Phi) is 10.9. The first-order valence-corrected chi connectivity index (χ1v) is 15.2. The van der Waals surface area contributed by atoms with Crippen LogP contribution in [0.15, 0.2) is 58.5 Å². The molecule has 0 atom stereocenters. The van der Waals surface area contributed by atoms with Gasteiger partial charge in [-0.1, -0.05) is 37.0 Å². The first-order chi connectivity index (χ1) is 21.1. The highest BCUT2D eigenvalue weighted by Crippen LogP contribution is 2.33. The third kappa shape index (κ3) is 8.51. The van der Waals surface area contributed by atoms with E-state index in [-0.39, 0.29) is 29.1 Å². The average molecular weight is 596 g/mol. The number of aromatic nitrogens is 2. The van der Waals surface area contributed by atoms with Crippen molar-refractivity contribution < 1.29 is 14.3 Å². The summed E-state index contributed by atoms with van der Waals surface area (Å²) >= 11 is 0. The molecule has 2 N–H and O–H groups in total. The topological polar surface area (TPSA) is 126 Å². The summed E-state index contributed by atoms with van der Waals surface area (Å²) in [6.07, 6.45) is 8.65. The number of ether oxygens (including phenoxy) is 1. The molecule has 9 nitrogen and oxygen atoms in total. The van der Waals surface area contributed by atoms with Crippen LogP contribution in [0.2, 0.25) is 0 Å². The van der Waals surface area contributed by atoms with Crippen molar-refractivity contribution in [3.05, 3.63) is 86.3 Å². The molecule has 230 valence electrons. The van der Waals surface area contributed by atoms with Crippen LogP contribution in [-0.2, 0) is 13.6 Å². The van der Waals surface area contributed by atoms with Crippen LogP contribution >= 0.6 is 0 Å². The van der Waals surface area contributed by atoms with Gasteiger partial charge in [0.1, 0.15) is 11.4 Å². The van der Waals surface area contributed by atoms with Gasteiger partial charge in [0, 0.05) is 38.0 Å². The molecule has 44 heavy (non-hydrogen) atoms. The zero-order chi connectivity index (χ0) is 31.8. The summed E-state index contributed by atoms with van der Waals surface area (Å²) in [4.78, 5) is 43.4. The fraction of sp³-hybridized carbons (Fsp3) is 0.400. The number of unbranched alkanes of at least 4 members (excludes halogenated alkanes) is 2. The Morgan fingerprint density at radius 3 is 2.55 bits per heavy atom. The summed E-state index contributed by atoms with van der Waals surface area (Å²) in [7, 11) is 1.63. The van der Waals surface area contributed by atoms with Gasteiger partial charge < -0.3 is 19.9 Å². The van der Waals surface area contributed by atoms with Gasteiger partial charge in [0.05, 0.1) is 17.7 Å². The number of nitrogens with zero attached hydrogens (tertiary/aromatic N) is 3. The van der Waals surface area contributed by atoms with Crippen LogP contribution in [0.3, 0.4) is 0 Å². The highest BCUT2D eigenvalue weighted by atomic mass is 16.5. The molecule has 1 aliphatic rings. The van der Waals surface area contributed by atoms with Crippen LogP contribution in [0.4, 0.5) is 5.82 Å². The van der Waals surface area contributed by atoms with E-state index in [0.29, 0.717) is 28.8 Å². The first kappa shape index (κ1) is 32.4. The van der Waals surface area contributed by atoms with Gasteiger partial charge in [-0.2, -0.15) is 10.2 Å². The quantitative estimate of drug-likeness (QED) is 0.127. The Labute approximate surface area is 259 Å². The SMILES string of the molecule is CCCCCC(CNCc1cc(C(=O)Nc2cc(-c3ccc(C#N)cc3C(C)=O)cc(OC(C)C)n2)c(=O)n(C)c1)=C1CC1. The predicted molar refractivity (Wildman–Crippen MR) is 172 cm³/mol. The van der Waals surface area contributed by atoms with Gasteiger partial charge in [-0.15, -0.1) is 0 Å². The number of ketones is 1. The van der Waals surface area contributed by atoms with Crippen molar-refractivity contribution in [2.24, 2.45) is 7.05 Å². The summed E-state index contributed by atoms with van der Waals surface area (Å²) < 4.78 is 7.27. The summed E-state index contributed by atoms with van der Waals surface area (Å²) in [6.45, 7) is 8.67. The highest BCUT2D eigenvalue weighted by Gasteiger charge is 2.19. The van der Waals surface area contributed by atoms with Crippen molar-refractivity contribution in [2.45, 2.75) is 78.9 Å². The van der Waals surface area contributed by atoms with E-state index in [1.54, 1.807) is 49.1 Å². The first-order valence-electron chi connectivity index (χ1n) is 15.2. The van der Waals surface area contributed by atoms with E-state index in [2.05, 4.69) is 28.6 Å². The highest BCUT2D eigenvalue weighted by molar-refractivity contribution is 6.04. The van der Waals surface area contributed by atoms with E-state index < -0.39 is 11.5 Å². The molecule has 0 unspecified atom stereocenters. The summed E-state index contributed by atoms with van der Waals surface area (Å²) in [6, 6.07) is 11.8. The second-order valence-electron chi connectivity index (χ2n) is 11.6. The lowest BCUT2D eigenvalue weighted by molar-refractivity contribution is 0.101. The van der Waals surface area contributed by atoms with Crippen molar-refractivity contribution in [2.75, 3.05) is 11.9 Å². The number of nitriles is 1. The molecule has 2 heterocycles. The summed E-state index contributed by atoms with van der Waals surface area (Å²) in [5.41, 5.74) is 5.31. The number of Topliss-reactive ketones (excluding diaryl/α,β-unsaturated/α-hetero) is 1. The minimum atomic E-state index is -0.598. The number of allylic oxidation sites excluding steroid dienone is 1. The molecule has 0 radical (unpaired) electrons. The molecule has 3 aromatic rings. The van der Waals surface area contributed by atoms with Crippen molar-refractivity contribution in [1.82, 2.24) is 14.9 Å². The van der Waals surface area contributed by atoms with Gasteiger partial charge in [-0.3, -0.25) is 14.4 Å². The van der Waals surface area contributed by atoms with Crippen LogP contribution in [0.25, 0.3) is 11.1 Å². The smallest absolute Gasteiger partial charge is 0.263 e. The van der Waals surface area contributed by atoms with Crippen LogP contribution in [0.5, 0.6) is 5.88 Å². The van der Waals surface area contributed by atoms with Crippen LogP contribution in [-0.4, -0.2) is 33.9 Å². The number of hydrogen-bond acceptors (Lipinski definition) is 7. The average Bonchev–Trinajstić information content (AvgIpc) is 3.83. The van der Waals surface area contributed by atoms with Crippen LogP contribution in [0.1, 0.15) is 98.1 Å². The minimum absolute atomic E-state index is 0.00292. The lowest BCUT2D eigenvalue weighted by Gasteiger charge is -2.15. The molecule has 1 amide bonds. The number of aryl methyl sites for hydroxylation is 1. The molecule has 9 heteroatoms. The van der Waals surface area contributed by atoms with Gasteiger partial charge in [0.25, 0.3) is 11.5 Å². The molecule has 1 saturated carbocycles. The van der Waals surface area contributed by atoms with E-state index in [1.807, 2.05) is 13.8 Å². The number of pyridine rings is 2. The standard InChI is InChI=1S/C35H41N5O4/c1-6-7-8-9-27(26-11-12-26)20-37-19-25-15-31(35(43)40(5)21-25)34(42)39-32-16-28(17-33(38-32)44-22(2)3)29-13-10-24(18-36)14-30(29)23(4)41/h10,13-17,21-22,37H,6-9,11-12,19-20H2,1-5H3,(H,38,39,42). The molecular formula is C35H41N5O4. The lowest BCUT2D eigenvalue weighted by atomic mass is 9.96. The Morgan fingerprint density at radius 2 is 1.89 bits per heavy atom. The number of hydrogen-bond donors (Lipinski definition) is 2.